The SMILES string of the molecule is CNCc1c(C)nc(C2CSCCN2C)nc1C. The zero-order valence-corrected chi connectivity index (χ0v) is 12.5. The zero-order valence-electron chi connectivity index (χ0n) is 11.7. The second-order valence-corrected chi connectivity index (χ2v) is 5.98. The molecule has 1 unspecified atom stereocenters. The van der Waals surface area contributed by atoms with Gasteiger partial charge >= 0.3 is 0 Å². The van der Waals surface area contributed by atoms with Gasteiger partial charge in [-0.15, -0.1) is 0 Å². The summed E-state index contributed by atoms with van der Waals surface area (Å²) >= 11 is 1.99. The molecule has 0 radical (unpaired) electrons. The van der Waals surface area contributed by atoms with E-state index in [0.717, 1.165) is 36.1 Å². The molecule has 1 atom stereocenters. The van der Waals surface area contributed by atoms with Gasteiger partial charge in [-0.2, -0.15) is 11.8 Å². The van der Waals surface area contributed by atoms with Gasteiger partial charge in [0.05, 0.1) is 6.04 Å². The lowest BCUT2D eigenvalue weighted by molar-refractivity contribution is 0.263. The van der Waals surface area contributed by atoms with Gasteiger partial charge in [-0.05, 0) is 27.9 Å². The highest BCUT2D eigenvalue weighted by atomic mass is 32.2. The Labute approximate surface area is 114 Å². The van der Waals surface area contributed by atoms with Crippen molar-refractivity contribution in [2.45, 2.75) is 26.4 Å². The summed E-state index contributed by atoms with van der Waals surface area (Å²) in [4.78, 5) is 11.8. The molecule has 0 spiro atoms. The van der Waals surface area contributed by atoms with Gasteiger partial charge in [0, 0.05) is 41.5 Å². The highest BCUT2D eigenvalue weighted by molar-refractivity contribution is 7.99. The lowest BCUT2D eigenvalue weighted by Crippen LogP contribution is -2.34. The van der Waals surface area contributed by atoms with E-state index in [-0.39, 0.29) is 0 Å². The first-order valence-electron chi connectivity index (χ1n) is 6.40. The van der Waals surface area contributed by atoms with Crippen LogP contribution in [0.25, 0.3) is 0 Å². The molecule has 1 N–H and O–H groups in total. The minimum Gasteiger partial charge on any atom is -0.316 e. The van der Waals surface area contributed by atoms with Crippen LogP contribution in [0.4, 0.5) is 0 Å². The highest BCUT2D eigenvalue weighted by Gasteiger charge is 2.24. The fourth-order valence-corrected chi connectivity index (χ4v) is 3.52. The van der Waals surface area contributed by atoms with E-state index in [2.05, 4.69) is 31.1 Å². The van der Waals surface area contributed by atoms with Crippen LogP contribution in [-0.4, -0.2) is 47.0 Å². The fraction of sp³-hybridized carbons (Fsp3) is 0.692. The van der Waals surface area contributed by atoms with Crippen LogP contribution in [0.2, 0.25) is 0 Å². The average Bonchev–Trinajstić information content (AvgIpc) is 2.34. The van der Waals surface area contributed by atoms with Crippen molar-refractivity contribution >= 4 is 11.8 Å². The van der Waals surface area contributed by atoms with Gasteiger partial charge in [-0.3, -0.25) is 4.90 Å². The fourth-order valence-electron chi connectivity index (χ4n) is 2.31. The predicted octanol–water partition coefficient (Wildman–Crippen LogP) is 1.53. The normalized spacial score (nSPS) is 21.2. The Balaban J connectivity index is 2.29. The van der Waals surface area contributed by atoms with Gasteiger partial charge in [-0.1, -0.05) is 0 Å². The molecule has 2 heterocycles. The molecule has 1 aromatic heterocycles. The Morgan fingerprint density at radius 3 is 2.56 bits per heavy atom. The Bertz CT molecular complexity index is 398. The molecule has 0 saturated carbocycles. The summed E-state index contributed by atoms with van der Waals surface area (Å²) in [6, 6.07) is 0.366. The number of aryl methyl sites for hydroxylation is 2. The van der Waals surface area contributed by atoms with Gasteiger partial charge < -0.3 is 5.32 Å². The monoisotopic (exact) mass is 266 g/mol. The van der Waals surface area contributed by atoms with Crippen LogP contribution >= 0.6 is 11.8 Å². The number of hydrogen-bond acceptors (Lipinski definition) is 5. The number of nitrogens with zero attached hydrogens (tertiary/aromatic N) is 3. The van der Waals surface area contributed by atoms with Gasteiger partial charge in [-0.25, -0.2) is 9.97 Å². The lowest BCUT2D eigenvalue weighted by atomic mass is 10.1. The van der Waals surface area contributed by atoms with Crippen molar-refractivity contribution < 1.29 is 0 Å². The molecule has 5 heteroatoms. The predicted molar refractivity (Wildman–Crippen MR) is 77.0 cm³/mol. The summed E-state index contributed by atoms with van der Waals surface area (Å²) in [6.07, 6.45) is 0. The average molecular weight is 266 g/mol. The van der Waals surface area contributed by atoms with Crippen molar-refractivity contribution in [2.24, 2.45) is 0 Å². The van der Waals surface area contributed by atoms with Gasteiger partial charge in [0.15, 0.2) is 0 Å². The van der Waals surface area contributed by atoms with E-state index in [4.69, 9.17) is 9.97 Å². The molecule has 1 aliphatic heterocycles. The summed E-state index contributed by atoms with van der Waals surface area (Å²) in [5, 5.41) is 3.18. The van der Waals surface area contributed by atoms with E-state index >= 15 is 0 Å². The van der Waals surface area contributed by atoms with Crippen molar-refractivity contribution in [1.82, 2.24) is 20.2 Å². The molecule has 2 rings (SSSR count). The minimum absolute atomic E-state index is 0.366. The van der Waals surface area contributed by atoms with Crippen molar-refractivity contribution in [3.05, 3.63) is 22.8 Å². The molecule has 0 aromatic carbocycles. The molecule has 0 amide bonds. The molecular formula is C13H22N4S. The maximum atomic E-state index is 4.72. The van der Waals surface area contributed by atoms with Crippen LogP contribution in [0.5, 0.6) is 0 Å². The molecule has 1 fully saturated rings. The lowest BCUT2D eigenvalue weighted by Gasteiger charge is -2.31. The first-order valence-corrected chi connectivity index (χ1v) is 7.55. The molecular weight excluding hydrogens is 244 g/mol. The quantitative estimate of drug-likeness (QED) is 0.898. The van der Waals surface area contributed by atoms with Crippen LogP contribution in [0.15, 0.2) is 0 Å². The molecule has 1 saturated heterocycles. The Morgan fingerprint density at radius 1 is 1.33 bits per heavy atom. The number of thioether (sulfide) groups is 1. The number of rotatable bonds is 3. The molecule has 0 aliphatic carbocycles. The van der Waals surface area contributed by atoms with Gasteiger partial charge in [0.1, 0.15) is 5.82 Å². The summed E-state index contributed by atoms with van der Waals surface area (Å²) in [7, 11) is 4.12. The number of nitrogens with one attached hydrogen (secondary N) is 1. The highest BCUT2D eigenvalue weighted by Crippen LogP contribution is 2.26. The smallest absolute Gasteiger partial charge is 0.146 e. The summed E-state index contributed by atoms with van der Waals surface area (Å²) in [5.74, 6) is 3.29. The van der Waals surface area contributed by atoms with E-state index in [9.17, 15) is 0 Å². The molecule has 100 valence electrons. The van der Waals surface area contributed by atoms with Crippen LogP contribution in [-0.2, 0) is 6.54 Å². The molecule has 0 bridgehead atoms. The maximum Gasteiger partial charge on any atom is 0.146 e. The Hall–Kier alpha value is -0.650. The third kappa shape index (κ3) is 2.84. The molecule has 1 aromatic rings. The summed E-state index contributed by atoms with van der Waals surface area (Å²) in [6.45, 7) is 6.13. The minimum atomic E-state index is 0.366. The first kappa shape index (κ1) is 13.8. The van der Waals surface area contributed by atoms with E-state index < -0.39 is 0 Å². The topological polar surface area (TPSA) is 41.1 Å². The first-order chi connectivity index (χ1) is 8.63. The summed E-state index contributed by atoms with van der Waals surface area (Å²) < 4.78 is 0. The maximum absolute atomic E-state index is 4.72. The molecule has 1 aliphatic rings. The van der Waals surface area contributed by atoms with Crippen LogP contribution in [0.3, 0.4) is 0 Å². The largest absolute Gasteiger partial charge is 0.316 e. The zero-order chi connectivity index (χ0) is 13.1. The number of hydrogen-bond donors (Lipinski definition) is 1. The van der Waals surface area contributed by atoms with Crippen LogP contribution in [0, 0.1) is 13.8 Å². The third-order valence-corrected chi connectivity index (χ3v) is 4.51. The Kier molecular flexibility index (Phi) is 4.59. The summed E-state index contributed by atoms with van der Waals surface area (Å²) in [5.41, 5.74) is 3.44. The van der Waals surface area contributed by atoms with Crippen LogP contribution in [0.1, 0.15) is 28.8 Å². The third-order valence-electron chi connectivity index (χ3n) is 3.49. The van der Waals surface area contributed by atoms with E-state index in [0.29, 0.717) is 6.04 Å². The van der Waals surface area contributed by atoms with Crippen molar-refractivity contribution in [1.29, 1.82) is 0 Å². The van der Waals surface area contributed by atoms with Gasteiger partial charge in [0.2, 0.25) is 0 Å². The van der Waals surface area contributed by atoms with Crippen molar-refractivity contribution in [2.75, 3.05) is 32.1 Å². The molecule has 4 nitrogen and oxygen atoms in total. The van der Waals surface area contributed by atoms with Crippen LogP contribution < -0.4 is 5.32 Å². The second kappa shape index (κ2) is 5.99. The number of aromatic nitrogens is 2. The van der Waals surface area contributed by atoms with Gasteiger partial charge in [0.25, 0.3) is 0 Å². The standard InChI is InChI=1S/C13H22N4S/c1-9-11(7-14-3)10(2)16-13(15-9)12-8-18-6-5-17(12)4/h12,14H,5-8H2,1-4H3. The van der Waals surface area contributed by atoms with E-state index in [1.807, 2.05) is 18.8 Å². The van der Waals surface area contributed by atoms with E-state index in [1.165, 1.54) is 11.3 Å². The van der Waals surface area contributed by atoms with Crippen molar-refractivity contribution in [3.63, 3.8) is 0 Å². The second-order valence-electron chi connectivity index (χ2n) is 4.83. The van der Waals surface area contributed by atoms with E-state index in [1.54, 1.807) is 0 Å². The molecule has 18 heavy (non-hydrogen) atoms. The van der Waals surface area contributed by atoms with Crippen molar-refractivity contribution in [3.8, 4) is 0 Å². The Morgan fingerprint density at radius 2 is 2.00 bits per heavy atom.